The molecule has 1 heterocycles. The molecule has 0 N–H and O–H groups in total. The lowest BCUT2D eigenvalue weighted by Gasteiger charge is -2.38. The van der Waals surface area contributed by atoms with Crippen molar-refractivity contribution < 1.29 is 9.53 Å². The molecular formula is C22H27NO2. The number of nitrogens with zero attached hydrogens (tertiary/aromatic N) is 1. The molecule has 0 saturated carbocycles. The molecule has 2 aromatic rings. The van der Waals surface area contributed by atoms with Crippen molar-refractivity contribution in [3.05, 3.63) is 65.7 Å². The van der Waals surface area contributed by atoms with Crippen molar-refractivity contribution in [3.8, 4) is 0 Å². The summed E-state index contributed by atoms with van der Waals surface area (Å²) < 4.78 is 5.74. The zero-order valence-electron chi connectivity index (χ0n) is 15.5. The quantitative estimate of drug-likeness (QED) is 0.816. The van der Waals surface area contributed by atoms with Gasteiger partial charge in [0.2, 0.25) is 5.91 Å². The summed E-state index contributed by atoms with van der Waals surface area (Å²) in [6, 6.07) is 18.4. The summed E-state index contributed by atoms with van der Waals surface area (Å²) in [5.41, 5.74) is 3.04. The molecule has 2 aromatic carbocycles. The van der Waals surface area contributed by atoms with Gasteiger partial charge in [-0.3, -0.25) is 4.79 Å². The van der Waals surface area contributed by atoms with E-state index in [2.05, 4.69) is 32.0 Å². The number of ether oxygens (including phenoxy) is 1. The highest BCUT2D eigenvalue weighted by Crippen LogP contribution is 2.38. The fraction of sp³-hybridized carbons (Fsp3) is 0.409. The van der Waals surface area contributed by atoms with Gasteiger partial charge in [-0.1, -0.05) is 55.5 Å². The first-order valence-corrected chi connectivity index (χ1v) is 8.94. The Morgan fingerprint density at radius 2 is 1.80 bits per heavy atom. The molecule has 3 rings (SSSR count). The lowest BCUT2D eigenvalue weighted by Crippen LogP contribution is -2.53. The van der Waals surface area contributed by atoms with Crippen LogP contribution in [0.15, 0.2) is 54.6 Å². The number of fused-ring (bicyclic) bond motifs is 1. The second-order valence-corrected chi connectivity index (χ2v) is 7.46. The lowest BCUT2D eigenvalue weighted by atomic mass is 9.93. The molecule has 0 aliphatic carbocycles. The van der Waals surface area contributed by atoms with E-state index in [1.54, 1.807) is 7.11 Å². The molecule has 3 nitrogen and oxygen atoms in total. The maximum Gasteiger partial charge on any atom is 0.230 e. The minimum absolute atomic E-state index is 0.0145. The van der Waals surface area contributed by atoms with Gasteiger partial charge in [-0.25, -0.2) is 0 Å². The summed E-state index contributed by atoms with van der Waals surface area (Å²) in [7, 11) is 1.72. The lowest BCUT2D eigenvalue weighted by molar-refractivity contribution is -0.123. The highest BCUT2D eigenvalue weighted by Gasteiger charge is 2.43. The van der Waals surface area contributed by atoms with Crippen LogP contribution in [0.3, 0.4) is 0 Å². The van der Waals surface area contributed by atoms with E-state index in [0.717, 1.165) is 18.5 Å². The Kier molecular flexibility index (Phi) is 4.96. The third-order valence-corrected chi connectivity index (χ3v) is 5.35. The number of hydrogen-bond acceptors (Lipinski definition) is 2. The SMILES string of the molecule is COC(C)(C)[C@@H]1Cc2ccccc2N1C(=O)[C@H](C)Cc1ccccc1. The molecule has 1 aliphatic rings. The van der Waals surface area contributed by atoms with Crippen LogP contribution in [0.25, 0.3) is 0 Å². The standard InChI is InChI=1S/C22H27NO2/c1-16(14-17-10-6-5-7-11-17)21(24)23-19-13-9-8-12-18(19)15-20(23)22(2,3)25-4/h5-13,16,20H,14-15H2,1-4H3/t16-,20+/m1/s1. The number of amides is 1. The van der Waals surface area contributed by atoms with Gasteiger partial charge >= 0.3 is 0 Å². The molecule has 0 spiro atoms. The van der Waals surface area contributed by atoms with E-state index in [0.29, 0.717) is 0 Å². The number of carbonyl (C=O) groups excluding carboxylic acids is 1. The number of hydrogen-bond donors (Lipinski definition) is 0. The van der Waals surface area contributed by atoms with Gasteiger partial charge in [0.15, 0.2) is 0 Å². The largest absolute Gasteiger partial charge is 0.377 e. The Bertz CT molecular complexity index is 739. The van der Waals surface area contributed by atoms with Crippen LogP contribution >= 0.6 is 0 Å². The van der Waals surface area contributed by atoms with Crippen LogP contribution in [0.4, 0.5) is 5.69 Å². The van der Waals surface area contributed by atoms with Crippen LogP contribution in [0.1, 0.15) is 31.9 Å². The highest BCUT2D eigenvalue weighted by molar-refractivity contribution is 5.98. The normalized spacial score (nSPS) is 18.1. The molecule has 2 atom stereocenters. The number of anilines is 1. The summed E-state index contributed by atoms with van der Waals surface area (Å²) in [4.78, 5) is 15.3. The summed E-state index contributed by atoms with van der Waals surface area (Å²) in [5, 5.41) is 0. The molecule has 3 heteroatoms. The molecule has 0 unspecified atom stereocenters. The van der Waals surface area contributed by atoms with Crippen LogP contribution in [0.2, 0.25) is 0 Å². The summed E-state index contributed by atoms with van der Waals surface area (Å²) in [6.45, 7) is 6.14. The predicted molar refractivity (Wildman–Crippen MR) is 102 cm³/mol. The van der Waals surface area contributed by atoms with Crippen molar-refractivity contribution in [1.29, 1.82) is 0 Å². The summed E-state index contributed by atoms with van der Waals surface area (Å²) in [6.07, 6.45) is 1.58. The van der Waals surface area contributed by atoms with E-state index in [1.165, 1.54) is 11.1 Å². The Labute approximate surface area is 150 Å². The first-order chi connectivity index (χ1) is 11.9. The summed E-state index contributed by atoms with van der Waals surface area (Å²) in [5.74, 6) is 0.0904. The van der Waals surface area contributed by atoms with Crippen LogP contribution in [0.5, 0.6) is 0 Å². The highest BCUT2D eigenvalue weighted by atomic mass is 16.5. The van der Waals surface area contributed by atoms with Crippen LogP contribution in [0, 0.1) is 5.92 Å². The maximum absolute atomic E-state index is 13.4. The van der Waals surface area contributed by atoms with Crippen molar-refractivity contribution in [3.63, 3.8) is 0 Å². The van der Waals surface area contributed by atoms with Crippen LogP contribution in [-0.2, 0) is 22.4 Å². The van der Waals surface area contributed by atoms with Gasteiger partial charge in [0.25, 0.3) is 0 Å². The molecule has 0 saturated heterocycles. The Morgan fingerprint density at radius 1 is 1.16 bits per heavy atom. The fourth-order valence-electron chi connectivity index (χ4n) is 3.64. The summed E-state index contributed by atoms with van der Waals surface area (Å²) >= 11 is 0. The van der Waals surface area contributed by atoms with Crippen molar-refractivity contribution in [2.24, 2.45) is 5.92 Å². The van der Waals surface area contributed by atoms with Gasteiger partial charge in [0.05, 0.1) is 11.6 Å². The van der Waals surface area contributed by atoms with Crippen molar-refractivity contribution in [2.75, 3.05) is 12.0 Å². The van der Waals surface area contributed by atoms with E-state index >= 15 is 0 Å². The van der Waals surface area contributed by atoms with Crippen molar-refractivity contribution in [2.45, 2.75) is 45.3 Å². The molecule has 1 aliphatic heterocycles. The third kappa shape index (κ3) is 3.47. The fourth-order valence-corrected chi connectivity index (χ4v) is 3.64. The predicted octanol–water partition coefficient (Wildman–Crippen LogP) is 4.25. The molecule has 132 valence electrons. The van der Waals surface area contributed by atoms with E-state index in [-0.39, 0.29) is 17.9 Å². The number of rotatable bonds is 5. The van der Waals surface area contributed by atoms with Gasteiger partial charge in [0.1, 0.15) is 0 Å². The van der Waals surface area contributed by atoms with Crippen molar-refractivity contribution >= 4 is 11.6 Å². The Hall–Kier alpha value is -2.13. The topological polar surface area (TPSA) is 29.5 Å². The van der Waals surface area contributed by atoms with Gasteiger partial charge < -0.3 is 9.64 Å². The minimum atomic E-state index is -0.402. The molecule has 0 radical (unpaired) electrons. The molecule has 1 amide bonds. The zero-order valence-corrected chi connectivity index (χ0v) is 15.5. The molecule has 0 fully saturated rings. The minimum Gasteiger partial charge on any atom is -0.377 e. The van der Waals surface area contributed by atoms with E-state index in [4.69, 9.17) is 4.74 Å². The number of methoxy groups -OCH3 is 1. The van der Waals surface area contributed by atoms with Gasteiger partial charge in [0, 0.05) is 18.7 Å². The number of para-hydroxylation sites is 1. The van der Waals surface area contributed by atoms with E-state index in [9.17, 15) is 4.79 Å². The van der Waals surface area contributed by atoms with Gasteiger partial charge in [-0.2, -0.15) is 0 Å². The van der Waals surface area contributed by atoms with Gasteiger partial charge in [-0.15, -0.1) is 0 Å². The smallest absolute Gasteiger partial charge is 0.230 e. The van der Waals surface area contributed by atoms with E-state index in [1.807, 2.05) is 48.2 Å². The maximum atomic E-state index is 13.4. The first-order valence-electron chi connectivity index (χ1n) is 8.94. The average Bonchev–Trinajstić information content (AvgIpc) is 3.02. The van der Waals surface area contributed by atoms with Gasteiger partial charge in [-0.05, 0) is 43.9 Å². The molecular weight excluding hydrogens is 310 g/mol. The molecule has 0 bridgehead atoms. The second kappa shape index (κ2) is 7.01. The van der Waals surface area contributed by atoms with Crippen molar-refractivity contribution in [1.82, 2.24) is 0 Å². The third-order valence-electron chi connectivity index (χ3n) is 5.35. The monoisotopic (exact) mass is 337 g/mol. The van der Waals surface area contributed by atoms with E-state index < -0.39 is 5.60 Å². The second-order valence-electron chi connectivity index (χ2n) is 7.46. The number of benzene rings is 2. The Morgan fingerprint density at radius 3 is 2.48 bits per heavy atom. The Balaban J connectivity index is 1.89. The number of carbonyl (C=O) groups is 1. The average molecular weight is 337 g/mol. The zero-order chi connectivity index (χ0) is 18.0. The van der Waals surface area contributed by atoms with Crippen LogP contribution < -0.4 is 4.90 Å². The van der Waals surface area contributed by atoms with Crippen LogP contribution in [-0.4, -0.2) is 24.7 Å². The first kappa shape index (κ1) is 17.7. The molecule has 25 heavy (non-hydrogen) atoms. The molecule has 0 aromatic heterocycles.